The van der Waals surface area contributed by atoms with Crippen LogP contribution in [0.15, 0.2) is 18.2 Å². The minimum atomic E-state index is -0.427. The van der Waals surface area contributed by atoms with Gasteiger partial charge in [0.15, 0.2) is 11.6 Å². The van der Waals surface area contributed by atoms with Gasteiger partial charge in [-0.3, -0.25) is 0 Å². The summed E-state index contributed by atoms with van der Waals surface area (Å²) in [5.74, 6) is -0.182. The lowest BCUT2D eigenvalue weighted by Gasteiger charge is -2.18. The van der Waals surface area contributed by atoms with Crippen LogP contribution in [0, 0.1) is 11.2 Å². The summed E-state index contributed by atoms with van der Waals surface area (Å²) in [4.78, 5) is 0.185. The smallest absolute Gasteiger partial charge is 0.165 e. The fourth-order valence-corrected chi connectivity index (χ4v) is 1.37. The van der Waals surface area contributed by atoms with Gasteiger partial charge in [-0.15, -0.1) is 0 Å². The van der Waals surface area contributed by atoms with Crippen LogP contribution in [0.2, 0.25) is 0 Å². The van der Waals surface area contributed by atoms with E-state index in [2.05, 4.69) is 20.8 Å². The first-order chi connectivity index (χ1) is 7.79. The minimum Gasteiger partial charge on any atom is -0.490 e. The van der Waals surface area contributed by atoms with Crippen LogP contribution in [0.25, 0.3) is 0 Å². The molecule has 0 aliphatic heterocycles. The molecule has 2 nitrogen and oxygen atoms in total. The van der Waals surface area contributed by atoms with Gasteiger partial charge in [-0.2, -0.15) is 0 Å². The summed E-state index contributed by atoms with van der Waals surface area (Å²) >= 11 is 4.77. The molecule has 17 heavy (non-hydrogen) atoms. The molecular formula is C13H18FNOS. The number of halogens is 1. The van der Waals surface area contributed by atoms with E-state index in [1.54, 1.807) is 12.1 Å². The Morgan fingerprint density at radius 1 is 1.41 bits per heavy atom. The molecule has 0 aromatic heterocycles. The molecule has 2 N–H and O–H groups in total. The van der Waals surface area contributed by atoms with E-state index in [9.17, 15) is 4.39 Å². The first-order valence-corrected chi connectivity index (χ1v) is 5.92. The molecular weight excluding hydrogens is 237 g/mol. The van der Waals surface area contributed by atoms with Crippen molar-refractivity contribution >= 4 is 17.2 Å². The molecule has 0 heterocycles. The molecule has 1 aromatic carbocycles. The van der Waals surface area contributed by atoms with Crippen molar-refractivity contribution in [3.63, 3.8) is 0 Å². The lowest BCUT2D eigenvalue weighted by molar-refractivity contribution is 0.235. The maximum atomic E-state index is 13.6. The number of ether oxygens (including phenoxy) is 1. The normalized spacial score (nSPS) is 11.3. The first kappa shape index (κ1) is 13.9. The first-order valence-electron chi connectivity index (χ1n) is 5.52. The molecule has 0 spiro atoms. The zero-order valence-corrected chi connectivity index (χ0v) is 11.2. The molecule has 0 saturated carbocycles. The van der Waals surface area contributed by atoms with Crippen molar-refractivity contribution in [2.45, 2.75) is 27.2 Å². The Hall–Kier alpha value is -1.16. The second kappa shape index (κ2) is 5.45. The predicted molar refractivity (Wildman–Crippen MR) is 71.9 cm³/mol. The van der Waals surface area contributed by atoms with Crippen molar-refractivity contribution in [1.29, 1.82) is 0 Å². The third-order valence-electron chi connectivity index (χ3n) is 2.33. The van der Waals surface area contributed by atoms with Crippen LogP contribution in [0.1, 0.15) is 32.8 Å². The number of hydrogen-bond donors (Lipinski definition) is 1. The largest absolute Gasteiger partial charge is 0.490 e. The van der Waals surface area contributed by atoms with Crippen molar-refractivity contribution in [2.75, 3.05) is 6.61 Å². The second-order valence-corrected chi connectivity index (χ2v) is 5.61. The topological polar surface area (TPSA) is 35.2 Å². The number of benzene rings is 1. The average Bonchev–Trinajstić information content (AvgIpc) is 2.18. The Labute approximate surface area is 107 Å². The van der Waals surface area contributed by atoms with Crippen molar-refractivity contribution < 1.29 is 9.13 Å². The Balaban J connectivity index is 2.64. The summed E-state index contributed by atoms with van der Waals surface area (Å²) in [5.41, 5.74) is 6.10. The van der Waals surface area contributed by atoms with Crippen LogP contribution >= 0.6 is 12.2 Å². The van der Waals surface area contributed by atoms with Crippen LogP contribution in [-0.4, -0.2) is 11.6 Å². The zero-order chi connectivity index (χ0) is 13.1. The molecule has 1 rings (SSSR count). The Morgan fingerprint density at radius 2 is 2.06 bits per heavy atom. The van der Waals surface area contributed by atoms with E-state index in [0.29, 0.717) is 12.2 Å². The maximum Gasteiger partial charge on any atom is 0.165 e. The predicted octanol–water partition coefficient (Wildman–Crippen LogP) is 3.27. The van der Waals surface area contributed by atoms with Gasteiger partial charge >= 0.3 is 0 Å². The highest BCUT2D eigenvalue weighted by Crippen LogP contribution is 2.22. The van der Waals surface area contributed by atoms with Gasteiger partial charge in [0.2, 0.25) is 0 Å². The molecule has 0 saturated heterocycles. The molecule has 0 bridgehead atoms. The third kappa shape index (κ3) is 4.69. The van der Waals surface area contributed by atoms with E-state index in [1.165, 1.54) is 6.07 Å². The molecule has 0 unspecified atom stereocenters. The van der Waals surface area contributed by atoms with Gasteiger partial charge in [-0.25, -0.2) is 4.39 Å². The van der Waals surface area contributed by atoms with Crippen molar-refractivity contribution in [1.82, 2.24) is 0 Å². The Bertz CT molecular complexity index is 412. The van der Waals surface area contributed by atoms with E-state index >= 15 is 0 Å². The fraction of sp³-hybridized carbons (Fsp3) is 0.462. The molecule has 0 fully saturated rings. The van der Waals surface area contributed by atoms with Crippen LogP contribution in [0.3, 0.4) is 0 Å². The lowest BCUT2D eigenvalue weighted by Crippen LogP contribution is -2.12. The van der Waals surface area contributed by atoms with E-state index in [-0.39, 0.29) is 16.2 Å². The van der Waals surface area contributed by atoms with Gasteiger partial charge in [0.25, 0.3) is 0 Å². The molecule has 0 aliphatic rings. The summed E-state index contributed by atoms with van der Waals surface area (Å²) in [7, 11) is 0. The summed E-state index contributed by atoms with van der Waals surface area (Å²) in [6.07, 6.45) is 0.865. The van der Waals surface area contributed by atoms with E-state index < -0.39 is 5.82 Å². The maximum absolute atomic E-state index is 13.6. The summed E-state index contributed by atoms with van der Waals surface area (Å²) in [6.45, 7) is 6.83. The minimum absolute atomic E-state index is 0.176. The zero-order valence-electron chi connectivity index (χ0n) is 10.4. The molecule has 1 aromatic rings. The lowest BCUT2D eigenvalue weighted by atomic mass is 9.93. The molecule has 0 atom stereocenters. The van der Waals surface area contributed by atoms with Crippen LogP contribution < -0.4 is 10.5 Å². The van der Waals surface area contributed by atoms with Crippen molar-refractivity contribution in [3.8, 4) is 5.75 Å². The highest BCUT2D eigenvalue weighted by molar-refractivity contribution is 7.80. The summed E-state index contributed by atoms with van der Waals surface area (Å²) in [6, 6.07) is 4.53. The van der Waals surface area contributed by atoms with Gasteiger partial charge in [-0.1, -0.05) is 33.0 Å². The van der Waals surface area contributed by atoms with Crippen LogP contribution in [0.5, 0.6) is 5.75 Å². The van der Waals surface area contributed by atoms with Crippen molar-refractivity contribution in [2.24, 2.45) is 11.1 Å². The van der Waals surface area contributed by atoms with Gasteiger partial charge in [0, 0.05) is 5.56 Å². The van der Waals surface area contributed by atoms with Crippen LogP contribution in [0.4, 0.5) is 4.39 Å². The fourth-order valence-electron chi connectivity index (χ4n) is 1.24. The number of rotatable bonds is 4. The van der Waals surface area contributed by atoms with Gasteiger partial charge in [0.1, 0.15) is 4.99 Å². The molecule has 0 aliphatic carbocycles. The van der Waals surface area contributed by atoms with Crippen molar-refractivity contribution in [3.05, 3.63) is 29.6 Å². The van der Waals surface area contributed by atoms with E-state index in [0.717, 1.165) is 6.42 Å². The summed E-state index contributed by atoms with van der Waals surface area (Å²) < 4.78 is 19.0. The number of thiocarbonyl (C=S) groups is 1. The molecule has 94 valence electrons. The second-order valence-electron chi connectivity index (χ2n) is 5.17. The van der Waals surface area contributed by atoms with E-state index in [1.807, 2.05) is 0 Å². The average molecular weight is 255 g/mol. The Kier molecular flexibility index (Phi) is 4.46. The SMILES string of the molecule is CC(C)(C)CCOc1ccc(C(N)=S)cc1F. The summed E-state index contributed by atoms with van der Waals surface area (Å²) in [5, 5.41) is 0. The third-order valence-corrected chi connectivity index (χ3v) is 2.56. The molecule has 0 radical (unpaired) electrons. The highest BCUT2D eigenvalue weighted by Gasteiger charge is 2.11. The number of nitrogens with two attached hydrogens (primary N) is 1. The van der Waals surface area contributed by atoms with Gasteiger partial charge in [0.05, 0.1) is 6.61 Å². The monoisotopic (exact) mass is 255 g/mol. The number of hydrogen-bond acceptors (Lipinski definition) is 2. The van der Waals surface area contributed by atoms with Crippen LogP contribution in [-0.2, 0) is 0 Å². The molecule has 0 amide bonds. The van der Waals surface area contributed by atoms with Gasteiger partial charge in [-0.05, 0) is 30.0 Å². The standard InChI is InChI=1S/C13H18FNOS/c1-13(2,3)6-7-16-11-5-4-9(12(15)17)8-10(11)14/h4-5,8H,6-7H2,1-3H3,(H2,15,17). The molecule has 4 heteroatoms. The Morgan fingerprint density at radius 3 is 2.53 bits per heavy atom. The quantitative estimate of drug-likeness (QED) is 0.839. The van der Waals surface area contributed by atoms with E-state index in [4.69, 9.17) is 22.7 Å². The highest BCUT2D eigenvalue weighted by atomic mass is 32.1. The van der Waals surface area contributed by atoms with Gasteiger partial charge < -0.3 is 10.5 Å².